The van der Waals surface area contributed by atoms with Crippen LogP contribution < -0.4 is 0 Å². The fourth-order valence-corrected chi connectivity index (χ4v) is 0.860. The van der Waals surface area contributed by atoms with Crippen LogP contribution in [0.2, 0.25) is 0 Å². The van der Waals surface area contributed by atoms with Crippen molar-refractivity contribution < 1.29 is 18.7 Å². The second-order valence-corrected chi connectivity index (χ2v) is 2.23. The Morgan fingerprint density at radius 2 is 2.08 bits per heavy atom. The summed E-state index contributed by atoms with van der Waals surface area (Å²) in [4.78, 5) is 10.4. The van der Waals surface area contributed by atoms with Gasteiger partial charge in [0.2, 0.25) is 0 Å². The summed E-state index contributed by atoms with van der Waals surface area (Å²) in [6, 6.07) is 1.83. The minimum Gasteiger partial charge on any atom is -0.477 e. The van der Waals surface area contributed by atoms with Crippen molar-refractivity contribution in [2.75, 3.05) is 0 Å². The summed E-state index contributed by atoms with van der Waals surface area (Å²) in [7, 11) is 0. The van der Waals surface area contributed by atoms with E-state index in [0.717, 1.165) is 12.1 Å². The Morgan fingerprint density at radius 3 is 2.54 bits per heavy atom. The van der Waals surface area contributed by atoms with Crippen LogP contribution in [0.1, 0.15) is 15.9 Å². The molecule has 0 saturated heterocycles. The third-order valence-corrected chi connectivity index (χ3v) is 1.46. The van der Waals surface area contributed by atoms with Gasteiger partial charge in [-0.1, -0.05) is 5.92 Å². The number of benzene rings is 1. The molecule has 2 nitrogen and oxygen atoms in total. The highest BCUT2D eigenvalue weighted by molar-refractivity contribution is 5.88. The lowest BCUT2D eigenvalue weighted by Crippen LogP contribution is -2.06. The molecule has 0 aromatic heterocycles. The maximum Gasteiger partial charge on any atom is 0.341 e. The van der Waals surface area contributed by atoms with Gasteiger partial charge in [0.05, 0.1) is 5.56 Å². The molecule has 0 aliphatic heterocycles. The Bertz CT molecular complexity index is 405. The van der Waals surface area contributed by atoms with Crippen LogP contribution in [0, 0.1) is 24.0 Å². The van der Waals surface area contributed by atoms with E-state index in [1.807, 2.05) is 5.92 Å². The van der Waals surface area contributed by atoms with Gasteiger partial charge in [0.25, 0.3) is 0 Å². The lowest BCUT2D eigenvalue weighted by molar-refractivity contribution is 0.0686. The van der Waals surface area contributed by atoms with Crippen molar-refractivity contribution in [2.24, 2.45) is 0 Å². The van der Waals surface area contributed by atoms with E-state index in [9.17, 15) is 13.6 Å². The molecule has 1 aromatic rings. The third kappa shape index (κ3) is 1.49. The van der Waals surface area contributed by atoms with Crippen molar-refractivity contribution in [3.05, 3.63) is 34.9 Å². The summed E-state index contributed by atoms with van der Waals surface area (Å²) in [5.74, 6) is -2.11. The summed E-state index contributed by atoms with van der Waals surface area (Å²) in [5.41, 5.74) is -1.28. The first-order chi connectivity index (χ1) is 6.07. The van der Waals surface area contributed by atoms with Crippen LogP contribution in [-0.4, -0.2) is 11.1 Å². The van der Waals surface area contributed by atoms with Gasteiger partial charge in [-0.05, 0) is 12.1 Å². The molecule has 4 heteroatoms. The molecule has 1 rings (SSSR count). The Balaban J connectivity index is 3.50. The third-order valence-electron chi connectivity index (χ3n) is 1.46. The Labute approximate surface area is 72.8 Å². The number of hydrogen-bond donors (Lipinski definition) is 1. The van der Waals surface area contributed by atoms with Crippen molar-refractivity contribution in [2.45, 2.75) is 0 Å². The van der Waals surface area contributed by atoms with E-state index in [1.165, 1.54) is 0 Å². The Kier molecular flexibility index (Phi) is 2.29. The SMILES string of the molecule is C#Cc1ccc(F)c(C(=O)O)c1F. The summed E-state index contributed by atoms with van der Waals surface area (Å²) >= 11 is 0. The number of rotatable bonds is 1. The van der Waals surface area contributed by atoms with Crippen LogP contribution in [0.4, 0.5) is 8.78 Å². The predicted molar refractivity (Wildman–Crippen MR) is 41.3 cm³/mol. The van der Waals surface area contributed by atoms with E-state index >= 15 is 0 Å². The average Bonchev–Trinajstić information content (AvgIpc) is 2.04. The molecule has 1 aromatic carbocycles. The van der Waals surface area contributed by atoms with E-state index in [4.69, 9.17) is 11.5 Å². The molecule has 0 aliphatic carbocycles. The molecule has 66 valence electrons. The van der Waals surface area contributed by atoms with E-state index in [-0.39, 0.29) is 5.56 Å². The summed E-state index contributed by atoms with van der Waals surface area (Å²) in [6.07, 6.45) is 4.86. The lowest BCUT2D eigenvalue weighted by atomic mass is 10.1. The highest BCUT2D eigenvalue weighted by Crippen LogP contribution is 2.15. The molecule has 0 fully saturated rings. The number of carbonyl (C=O) groups is 1. The molecule has 1 N–H and O–H groups in total. The van der Waals surface area contributed by atoms with Crippen LogP contribution in [0.3, 0.4) is 0 Å². The number of terminal acetylenes is 1. The predicted octanol–water partition coefficient (Wildman–Crippen LogP) is 1.64. The molecule has 0 saturated carbocycles. The van der Waals surface area contributed by atoms with E-state index in [1.54, 1.807) is 0 Å². The molecule has 0 atom stereocenters. The molecule has 0 bridgehead atoms. The van der Waals surface area contributed by atoms with Crippen LogP contribution in [-0.2, 0) is 0 Å². The highest BCUT2D eigenvalue weighted by atomic mass is 19.1. The smallest absolute Gasteiger partial charge is 0.341 e. The Morgan fingerprint density at radius 1 is 1.46 bits per heavy atom. The van der Waals surface area contributed by atoms with Crippen LogP contribution in [0.15, 0.2) is 12.1 Å². The van der Waals surface area contributed by atoms with Crippen molar-refractivity contribution >= 4 is 5.97 Å². The maximum atomic E-state index is 13.0. The number of carboxylic acid groups (broad SMARTS) is 1. The maximum absolute atomic E-state index is 13.0. The number of halogens is 2. The van der Waals surface area contributed by atoms with Gasteiger partial charge in [0, 0.05) is 0 Å². The first-order valence-electron chi connectivity index (χ1n) is 3.26. The Hall–Kier alpha value is -1.89. The van der Waals surface area contributed by atoms with Gasteiger partial charge in [-0.2, -0.15) is 0 Å². The van der Waals surface area contributed by atoms with Crippen LogP contribution >= 0.6 is 0 Å². The zero-order valence-corrected chi connectivity index (χ0v) is 6.34. The molecule has 0 unspecified atom stereocenters. The van der Waals surface area contributed by atoms with Crippen LogP contribution in [0.25, 0.3) is 0 Å². The van der Waals surface area contributed by atoms with E-state index < -0.39 is 23.2 Å². The van der Waals surface area contributed by atoms with E-state index in [0.29, 0.717) is 0 Å². The van der Waals surface area contributed by atoms with Gasteiger partial charge in [-0.25, -0.2) is 13.6 Å². The molecule has 0 spiro atoms. The summed E-state index contributed by atoms with van der Waals surface area (Å²) in [5, 5.41) is 8.42. The van der Waals surface area contributed by atoms with Gasteiger partial charge in [0.15, 0.2) is 5.82 Å². The molecular weight excluding hydrogens is 178 g/mol. The second kappa shape index (κ2) is 3.23. The van der Waals surface area contributed by atoms with Gasteiger partial charge < -0.3 is 5.11 Å². The summed E-state index contributed by atoms with van der Waals surface area (Å²) in [6.45, 7) is 0. The monoisotopic (exact) mass is 182 g/mol. The van der Waals surface area contributed by atoms with Gasteiger partial charge in [0.1, 0.15) is 11.4 Å². The lowest BCUT2D eigenvalue weighted by Gasteiger charge is -2.00. The van der Waals surface area contributed by atoms with Gasteiger partial charge >= 0.3 is 5.97 Å². The second-order valence-electron chi connectivity index (χ2n) is 2.23. The largest absolute Gasteiger partial charge is 0.477 e. The fourth-order valence-electron chi connectivity index (χ4n) is 0.860. The molecular formula is C9H4F2O2. The van der Waals surface area contributed by atoms with Crippen molar-refractivity contribution in [3.63, 3.8) is 0 Å². The topological polar surface area (TPSA) is 37.3 Å². The standard InChI is InChI=1S/C9H4F2O2/c1-2-5-3-4-6(10)7(8(5)11)9(12)13/h1,3-4H,(H,12,13). The molecule has 0 amide bonds. The van der Waals surface area contributed by atoms with Crippen molar-refractivity contribution in [1.82, 2.24) is 0 Å². The zero-order valence-electron chi connectivity index (χ0n) is 6.34. The highest BCUT2D eigenvalue weighted by Gasteiger charge is 2.18. The molecule has 0 radical (unpaired) electrons. The molecule has 0 aliphatic rings. The molecule has 0 heterocycles. The minimum atomic E-state index is -1.67. The van der Waals surface area contributed by atoms with Crippen molar-refractivity contribution in [3.8, 4) is 12.3 Å². The minimum absolute atomic E-state index is 0.265. The zero-order chi connectivity index (χ0) is 10.0. The number of aromatic carboxylic acids is 1. The van der Waals surface area contributed by atoms with Crippen LogP contribution in [0.5, 0.6) is 0 Å². The quantitative estimate of drug-likeness (QED) is 0.670. The van der Waals surface area contributed by atoms with Gasteiger partial charge in [-0.15, -0.1) is 6.42 Å². The fraction of sp³-hybridized carbons (Fsp3) is 0. The van der Waals surface area contributed by atoms with Crippen molar-refractivity contribution in [1.29, 1.82) is 0 Å². The number of carboxylic acids is 1. The molecule has 13 heavy (non-hydrogen) atoms. The summed E-state index contributed by atoms with van der Waals surface area (Å²) < 4.78 is 25.7. The number of hydrogen-bond acceptors (Lipinski definition) is 1. The normalized spacial score (nSPS) is 9.31. The van der Waals surface area contributed by atoms with Gasteiger partial charge in [-0.3, -0.25) is 0 Å². The van der Waals surface area contributed by atoms with E-state index in [2.05, 4.69) is 0 Å². The first kappa shape index (κ1) is 9.20. The first-order valence-corrected chi connectivity index (χ1v) is 3.26. The average molecular weight is 182 g/mol.